The van der Waals surface area contributed by atoms with Crippen LogP contribution in [0.3, 0.4) is 0 Å². The van der Waals surface area contributed by atoms with Gasteiger partial charge in [0.1, 0.15) is 5.75 Å². The molecule has 7 heteroatoms. The Morgan fingerprint density at radius 2 is 1.73 bits per heavy atom. The Labute approximate surface area is 153 Å². The van der Waals surface area contributed by atoms with Gasteiger partial charge in [-0.2, -0.15) is 0 Å². The van der Waals surface area contributed by atoms with Gasteiger partial charge in [0.25, 0.3) is 15.9 Å². The molecule has 0 saturated heterocycles. The lowest BCUT2D eigenvalue weighted by molar-refractivity contribution is 0.0951. The van der Waals surface area contributed by atoms with Crippen LogP contribution in [-0.2, 0) is 10.0 Å². The van der Waals surface area contributed by atoms with Crippen molar-refractivity contribution in [3.05, 3.63) is 54.1 Å². The summed E-state index contributed by atoms with van der Waals surface area (Å²) in [6, 6.07) is 13.0. The molecule has 0 aliphatic heterocycles. The van der Waals surface area contributed by atoms with Crippen molar-refractivity contribution in [1.82, 2.24) is 5.32 Å². The molecule has 0 heterocycles. The first-order valence-electron chi connectivity index (χ1n) is 8.54. The minimum atomic E-state index is -3.79. The molecule has 3 rings (SSSR count). The number of carbonyl (C=O) groups is 1. The van der Waals surface area contributed by atoms with Gasteiger partial charge in [0.2, 0.25) is 0 Å². The number of nitrogens with one attached hydrogen (secondary N) is 2. The number of ether oxygens (including phenoxy) is 1. The Morgan fingerprint density at radius 1 is 1.08 bits per heavy atom. The summed E-state index contributed by atoms with van der Waals surface area (Å²) in [5.41, 5.74) is 0.816. The van der Waals surface area contributed by atoms with E-state index in [0.29, 0.717) is 17.0 Å². The summed E-state index contributed by atoms with van der Waals surface area (Å²) in [4.78, 5) is 12.1. The Hall–Kier alpha value is -2.54. The predicted molar refractivity (Wildman–Crippen MR) is 99.9 cm³/mol. The normalized spacial score (nSPS) is 14.1. The molecule has 2 aromatic rings. The second kappa shape index (κ2) is 7.37. The molecule has 1 amide bonds. The van der Waals surface area contributed by atoms with Gasteiger partial charge in [0.15, 0.2) is 0 Å². The van der Waals surface area contributed by atoms with Crippen LogP contribution >= 0.6 is 0 Å². The lowest BCUT2D eigenvalue weighted by Gasteiger charge is -2.15. The Balaban J connectivity index is 1.77. The minimum absolute atomic E-state index is 0.0788. The van der Waals surface area contributed by atoms with Gasteiger partial charge in [-0.3, -0.25) is 9.52 Å². The first-order valence-corrected chi connectivity index (χ1v) is 10.0. The Bertz CT molecular complexity index is 888. The standard InChI is InChI=1S/C19H22N2O4S/c1-13(2)25-18-6-4-3-5-17(18)21-26(23,24)16-11-7-14(8-12-16)19(22)20-15-9-10-15/h3-8,11-13,15,21H,9-10H2,1-2H3,(H,20,22). The predicted octanol–water partition coefficient (Wildman–Crippen LogP) is 3.17. The molecule has 26 heavy (non-hydrogen) atoms. The minimum Gasteiger partial charge on any atom is -0.489 e. The molecule has 0 spiro atoms. The SMILES string of the molecule is CC(C)Oc1ccccc1NS(=O)(=O)c1ccc(C(=O)NC2CC2)cc1. The van der Waals surface area contributed by atoms with E-state index in [1.165, 1.54) is 24.3 Å². The molecule has 0 unspecified atom stereocenters. The van der Waals surface area contributed by atoms with Gasteiger partial charge in [0, 0.05) is 11.6 Å². The van der Waals surface area contributed by atoms with E-state index >= 15 is 0 Å². The highest BCUT2D eigenvalue weighted by Crippen LogP contribution is 2.27. The van der Waals surface area contributed by atoms with E-state index in [9.17, 15) is 13.2 Å². The third-order valence-corrected chi connectivity index (χ3v) is 5.21. The molecule has 0 atom stereocenters. The highest BCUT2D eigenvalue weighted by atomic mass is 32.2. The van der Waals surface area contributed by atoms with Crippen LogP contribution in [0.5, 0.6) is 5.75 Å². The summed E-state index contributed by atoms with van der Waals surface area (Å²) in [6.07, 6.45) is 1.92. The zero-order valence-electron chi connectivity index (χ0n) is 14.7. The fraction of sp³-hybridized carbons (Fsp3) is 0.316. The first kappa shape index (κ1) is 18.3. The van der Waals surface area contributed by atoms with Gasteiger partial charge in [0.05, 0.1) is 16.7 Å². The lowest BCUT2D eigenvalue weighted by Crippen LogP contribution is -2.25. The van der Waals surface area contributed by atoms with Crippen LogP contribution < -0.4 is 14.8 Å². The zero-order valence-corrected chi connectivity index (χ0v) is 15.5. The van der Waals surface area contributed by atoms with E-state index in [1.54, 1.807) is 24.3 Å². The van der Waals surface area contributed by atoms with Gasteiger partial charge >= 0.3 is 0 Å². The summed E-state index contributed by atoms with van der Waals surface area (Å²) >= 11 is 0. The molecular weight excluding hydrogens is 352 g/mol. The maximum absolute atomic E-state index is 12.6. The van der Waals surface area contributed by atoms with Gasteiger partial charge in [-0.1, -0.05) is 12.1 Å². The van der Waals surface area contributed by atoms with E-state index in [1.807, 2.05) is 13.8 Å². The average molecular weight is 374 g/mol. The van der Waals surface area contributed by atoms with Crippen LogP contribution in [0.1, 0.15) is 37.0 Å². The maximum atomic E-state index is 12.6. The number of carbonyl (C=O) groups excluding carboxylic acids is 1. The number of hydrogen-bond acceptors (Lipinski definition) is 4. The van der Waals surface area contributed by atoms with Gasteiger partial charge in [-0.25, -0.2) is 8.42 Å². The van der Waals surface area contributed by atoms with Crippen molar-refractivity contribution < 1.29 is 17.9 Å². The molecule has 1 fully saturated rings. The third kappa shape index (κ3) is 4.54. The van der Waals surface area contributed by atoms with Crippen molar-refractivity contribution in [2.24, 2.45) is 0 Å². The van der Waals surface area contributed by atoms with Gasteiger partial charge in [-0.05, 0) is 63.1 Å². The summed E-state index contributed by atoms with van der Waals surface area (Å²) in [5, 5.41) is 2.87. The summed E-state index contributed by atoms with van der Waals surface area (Å²) in [6.45, 7) is 3.74. The van der Waals surface area contributed by atoms with Crippen molar-refractivity contribution in [2.45, 2.75) is 43.7 Å². The molecule has 2 N–H and O–H groups in total. The van der Waals surface area contributed by atoms with Crippen molar-refractivity contribution in [3.63, 3.8) is 0 Å². The van der Waals surface area contributed by atoms with Crippen LogP contribution in [-0.4, -0.2) is 26.5 Å². The van der Waals surface area contributed by atoms with E-state index in [-0.39, 0.29) is 22.9 Å². The van der Waals surface area contributed by atoms with Crippen molar-refractivity contribution in [2.75, 3.05) is 4.72 Å². The molecule has 138 valence electrons. The highest BCUT2D eigenvalue weighted by molar-refractivity contribution is 7.92. The monoisotopic (exact) mass is 374 g/mol. The number of benzene rings is 2. The summed E-state index contributed by atoms with van der Waals surface area (Å²) in [5.74, 6) is 0.284. The fourth-order valence-electron chi connectivity index (χ4n) is 2.39. The Morgan fingerprint density at radius 3 is 2.35 bits per heavy atom. The van der Waals surface area contributed by atoms with Gasteiger partial charge < -0.3 is 10.1 Å². The van der Waals surface area contributed by atoms with Gasteiger partial charge in [-0.15, -0.1) is 0 Å². The summed E-state index contributed by atoms with van der Waals surface area (Å²) < 4.78 is 33.5. The highest BCUT2D eigenvalue weighted by Gasteiger charge is 2.24. The average Bonchev–Trinajstić information content (AvgIpc) is 3.40. The maximum Gasteiger partial charge on any atom is 0.262 e. The third-order valence-electron chi connectivity index (χ3n) is 3.83. The second-order valence-electron chi connectivity index (χ2n) is 6.54. The van der Waals surface area contributed by atoms with Crippen molar-refractivity contribution in [1.29, 1.82) is 0 Å². The molecule has 2 aromatic carbocycles. The molecule has 0 aromatic heterocycles. The van der Waals surface area contributed by atoms with E-state index in [4.69, 9.17) is 4.74 Å². The van der Waals surface area contributed by atoms with Crippen LogP contribution in [0.15, 0.2) is 53.4 Å². The molecule has 1 aliphatic rings. The van der Waals surface area contributed by atoms with Crippen LogP contribution in [0.2, 0.25) is 0 Å². The van der Waals surface area contributed by atoms with E-state index < -0.39 is 10.0 Å². The largest absolute Gasteiger partial charge is 0.489 e. The lowest BCUT2D eigenvalue weighted by atomic mass is 10.2. The molecule has 6 nitrogen and oxygen atoms in total. The van der Waals surface area contributed by atoms with Crippen LogP contribution in [0.4, 0.5) is 5.69 Å². The first-order chi connectivity index (χ1) is 12.3. The number of para-hydroxylation sites is 2. The topological polar surface area (TPSA) is 84.5 Å². The second-order valence-corrected chi connectivity index (χ2v) is 8.22. The molecule has 0 radical (unpaired) electrons. The van der Waals surface area contributed by atoms with Crippen molar-refractivity contribution >= 4 is 21.6 Å². The van der Waals surface area contributed by atoms with Crippen LogP contribution in [0.25, 0.3) is 0 Å². The Kier molecular flexibility index (Phi) is 5.18. The number of anilines is 1. The summed E-state index contributed by atoms with van der Waals surface area (Å²) in [7, 11) is -3.79. The quantitative estimate of drug-likeness (QED) is 0.780. The van der Waals surface area contributed by atoms with Crippen LogP contribution in [0, 0.1) is 0 Å². The number of sulfonamides is 1. The number of hydrogen-bond donors (Lipinski definition) is 2. The zero-order chi connectivity index (χ0) is 18.7. The molecular formula is C19H22N2O4S. The number of rotatable bonds is 7. The van der Waals surface area contributed by atoms with E-state index in [2.05, 4.69) is 10.0 Å². The molecule has 1 saturated carbocycles. The smallest absolute Gasteiger partial charge is 0.262 e. The van der Waals surface area contributed by atoms with E-state index in [0.717, 1.165) is 12.8 Å². The number of amides is 1. The fourth-order valence-corrected chi connectivity index (χ4v) is 3.46. The van der Waals surface area contributed by atoms with Crippen molar-refractivity contribution in [3.8, 4) is 5.75 Å². The molecule has 1 aliphatic carbocycles. The molecule has 0 bridgehead atoms.